The molecule has 2 rings (SSSR count). The fourth-order valence-electron chi connectivity index (χ4n) is 2.64. The summed E-state index contributed by atoms with van der Waals surface area (Å²) in [5.41, 5.74) is 0. The molecule has 17 heavy (non-hydrogen) atoms. The first-order valence-corrected chi connectivity index (χ1v) is 7.73. The summed E-state index contributed by atoms with van der Waals surface area (Å²) in [7, 11) is 0. The Morgan fingerprint density at radius 2 is 2.18 bits per heavy atom. The average Bonchev–Trinajstić information content (AvgIpc) is 2.77. The summed E-state index contributed by atoms with van der Waals surface area (Å²) in [5, 5.41) is 4.84. The van der Waals surface area contributed by atoms with E-state index in [4.69, 9.17) is 0 Å². The first-order valence-electron chi connectivity index (χ1n) is 6.91. The highest BCUT2D eigenvalue weighted by molar-refractivity contribution is 7.11. The quantitative estimate of drug-likeness (QED) is 0.854. The normalized spacial score (nSPS) is 19.4. The number of thiazole rings is 1. The summed E-state index contributed by atoms with van der Waals surface area (Å²) in [6, 6.07) is 0.414. The van der Waals surface area contributed by atoms with Gasteiger partial charge in [-0.3, -0.25) is 0 Å². The van der Waals surface area contributed by atoms with E-state index in [9.17, 15) is 0 Å². The van der Waals surface area contributed by atoms with Gasteiger partial charge in [0.15, 0.2) is 0 Å². The number of hydrogen-bond acceptors (Lipinski definition) is 3. The van der Waals surface area contributed by atoms with Gasteiger partial charge < -0.3 is 5.32 Å². The molecular weight excluding hydrogens is 228 g/mol. The second-order valence-corrected chi connectivity index (χ2v) is 6.54. The maximum atomic E-state index is 4.44. The van der Waals surface area contributed by atoms with Crippen molar-refractivity contribution in [1.82, 2.24) is 10.3 Å². The van der Waals surface area contributed by atoms with Crippen LogP contribution in [0, 0.1) is 12.8 Å². The lowest BCUT2D eigenvalue weighted by Crippen LogP contribution is -2.22. The van der Waals surface area contributed by atoms with Gasteiger partial charge in [-0.05, 0) is 32.7 Å². The van der Waals surface area contributed by atoms with E-state index >= 15 is 0 Å². The Bertz CT molecular complexity index is 329. The van der Waals surface area contributed by atoms with Crippen LogP contribution in [0.15, 0.2) is 6.20 Å². The number of rotatable bonds is 5. The maximum absolute atomic E-state index is 4.44. The van der Waals surface area contributed by atoms with Crippen LogP contribution >= 0.6 is 11.3 Å². The maximum Gasteiger partial charge on any atom is 0.109 e. The van der Waals surface area contributed by atoms with Crippen molar-refractivity contribution in [3.63, 3.8) is 0 Å². The van der Waals surface area contributed by atoms with Crippen LogP contribution in [0.4, 0.5) is 0 Å². The van der Waals surface area contributed by atoms with Gasteiger partial charge in [-0.2, -0.15) is 0 Å². The van der Waals surface area contributed by atoms with Gasteiger partial charge in [0.1, 0.15) is 5.01 Å². The summed E-state index contributed by atoms with van der Waals surface area (Å²) in [6.45, 7) is 5.49. The topological polar surface area (TPSA) is 24.9 Å². The summed E-state index contributed by atoms with van der Waals surface area (Å²) >= 11 is 1.81. The van der Waals surface area contributed by atoms with E-state index in [0.29, 0.717) is 6.04 Å². The van der Waals surface area contributed by atoms with Gasteiger partial charge in [0.25, 0.3) is 0 Å². The number of aromatic nitrogens is 1. The lowest BCUT2D eigenvalue weighted by Gasteiger charge is -2.22. The van der Waals surface area contributed by atoms with Gasteiger partial charge in [0.05, 0.1) is 6.04 Å². The van der Waals surface area contributed by atoms with Gasteiger partial charge in [-0.25, -0.2) is 4.98 Å². The Labute approximate surface area is 109 Å². The first-order chi connectivity index (χ1) is 8.25. The second-order valence-electron chi connectivity index (χ2n) is 5.28. The molecule has 1 aromatic heterocycles. The van der Waals surface area contributed by atoms with Gasteiger partial charge >= 0.3 is 0 Å². The van der Waals surface area contributed by atoms with Crippen LogP contribution in [0.3, 0.4) is 0 Å². The highest BCUT2D eigenvalue weighted by Crippen LogP contribution is 2.26. The van der Waals surface area contributed by atoms with Gasteiger partial charge in [-0.15, -0.1) is 11.3 Å². The molecule has 2 nitrogen and oxygen atoms in total. The lowest BCUT2D eigenvalue weighted by molar-refractivity contribution is 0.329. The van der Waals surface area contributed by atoms with Crippen LogP contribution in [0.2, 0.25) is 0 Å². The monoisotopic (exact) mass is 252 g/mol. The van der Waals surface area contributed by atoms with Crippen LogP contribution in [0.5, 0.6) is 0 Å². The Morgan fingerprint density at radius 3 is 2.82 bits per heavy atom. The average molecular weight is 252 g/mol. The van der Waals surface area contributed by atoms with Crippen molar-refractivity contribution in [2.45, 2.75) is 58.4 Å². The highest BCUT2D eigenvalue weighted by atomic mass is 32.1. The molecule has 1 unspecified atom stereocenters. The fraction of sp³-hybridized carbons (Fsp3) is 0.786. The van der Waals surface area contributed by atoms with Crippen molar-refractivity contribution in [2.75, 3.05) is 6.54 Å². The highest BCUT2D eigenvalue weighted by Gasteiger charge is 2.14. The molecule has 1 heterocycles. The lowest BCUT2D eigenvalue weighted by atomic mass is 9.87. The summed E-state index contributed by atoms with van der Waals surface area (Å²) in [6.07, 6.45) is 10.6. The van der Waals surface area contributed by atoms with Crippen LogP contribution in [-0.4, -0.2) is 11.5 Å². The fourth-order valence-corrected chi connectivity index (χ4v) is 3.44. The molecule has 0 spiro atoms. The smallest absolute Gasteiger partial charge is 0.109 e. The predicted octanol–water partition coefficient (Wildman–Crippen LogP) is 4.07. The summed E-state index contributed by atoms with van der Waals surface area (Å²) in [5.74, 6) is 0.974. The van der Waals surface area contributed by atoms with Crippen LogP contribution < -0.4 is 5.32 Å². The van der Waals surface area contributed by atoms with Gasteiger partial charge in [0, 0.05) is 11.1 Å². The van der Waals surface area contributed by atoms with E-state index in [1.807, 2.05) is 17.5 Å². The summed E-state index contributed by atoms with van der Waals surface area (Å²) in [4.78, 5) is 5.74. The third-order valence-corrected chi connectivity index (χ3v) is 4.83. The van der Waals surface area contributed by atoms with Crippen molar-refractivity contribution in [2.24, 2.45) is 5.92 Å². The zero-order valence-corrected chi connectivity index (χ0v) is 11.9. The molecule has 0 aromatic carbocycles. The number of hydrogen-bond donors (Lipinski definition) is 1. The molecule has 1 N–H and O–H groups in total. The minimum Gasteiger partial charge on any atom is -0.308 e. The first kappa shape index (κ1) is 13.0. The Balaban J connectivity index is 1.67. The Morgan fingerprint density at radius 1 is 1.41 bits per heavy atom. The van der Waals surface area contributed by atoms with Gasteiger partial charge in [0.2, 0.25) is 0 Å². The molecule has 0 radical (unpaired) electrons. The molecule has 0 bridgehead atoms. The van der Waals surface area contributed by atoms with Crippen molar-refractivity contribution >= 4 is 11.3 Å². The molecule has 1 atom stereocenters. The predicted molar refractivity (Wildman–Crippen MR) is 74.5 cm³/mol. The van der Waals surface area contributed by atoms with E-state index in [1.165, 1.54) is 48.4 Å². The number of aryl methyl sites for hydroxylation is 1. The van der Waals surface area contributed by atoms with Gasteiger partial charge in [-0.1, -0.05) is 32.1 Å². The molecule has 1 saturated carbocycles. The third kappa shape index (κ3) is 4.07. The van der Waals surface area contributed by atoms with Crippen molar-refractivity contribution in [3.8, 4) is 0 Å². The standard InChI is InChI=1S/C14H24N2S/c1-11-10-16-14(17-11)12(2)15-9-8-13-6-4-3-5-7-13/h10,12-13,15H,3-9H2,1-2H3. The number of nitrogens with zero attached hydrogens (tertiary/aromatic N) is 1. The molecule has 1 aliphatic carbocycles. The molecule has 1 aliphatic rings. The molecule has 96 valence electrons. The third-order valence-electron chi connectivity index (χ3n) is 3.74. The Hall–Kier alpha value is -0.410. The zero-order valence-electron chi connectivity index (χ0n) is 11.0. The van der Waals surface area contributed by atoms with Crippen molar-refractivity contribution in [3.05, 3.63) is 16.1 Å². The van der Waals surface area contributed by atoms with Crippen LogP contribution in [0.25, 0.3) is 0 Å². The van der Waals surface area contributed by atoms with Crippen molar-refractivity contribution < 1.29 is 0 Å². The van der Waals surface area contributed by atoms with E-state index < -0.39 is 0 Å². The van der Waals surface area contributed by atoms with E-state index in [0.717, 1.165) is 12.5 Å². The molecule has 1 fully saturated rings. The molecule has 1 aromatic rings. The SMILES string of the molecule is Cc1cnc(C(C)NCCC2CCCCC2)s1. The molecule has 0 aliphatic heterocycles. The zero-order chi connectivity index (χ0) is 12.1. The van der Waals surface area contributed by atoms with Crippen molar-refractivity contribution in [1.29, 1.82) is 0 Å². The minimum atomic E-state index is 0.414. The largest absolute Gasteiger partial charge is 0.308 e. The van der Waals surface area contributed by atoms with E-state index in [2.05, 4.69) is 24.1 Å². The van der Waals surface area contributed by atoms with E-state index in [1.54, 1.807) is 0 Å². The second kappa shape index (κ2) is 6.50. The molecule has 3 heteroatoms. The van der Waals surface area contributed by atoms with Crippen LogP contribution in [-0.2, 0) is 0 Å². The Kier molecular flexibility index (Phi) is 4.99. The molecule has 0 amide bonds. The van der Waals surface area contributed by atoms with Crippen LogP contribution in [0.1, 0.15) is 61.4 Å². The molecular formula is C14H24N2S. The minimum absolute atomic E-state index is 0.414. The summed E-state index contributed by atoms with van der Waals surface area (Å²) < 4.78 is 0. The molecule has 0 saturated heterocycles. The number of nitrogens with one attached hydrogen (secondary N) is 1. The van der Waals surface area contributed by atoms with E-state index in [-0.39, 0.29) is 0 Å².